The van der Waals surface area contributed by atoms with Crippen LogP contribution in [0.25, 0.3) is 0 Å². The highest BCUT2D eigenvalue weighted by Crippen LogP contribution is 2.28. The minimum atomic E-state index is -2.47. The Kier molecular flexibility index (Phi) is 3.45. The number of carbonyl (C=O) groups excluding carboxylic acids is 1. The Hall–Kier alpha value is -1.69. The van der Waals surface area contributed by atoms with Crippen molar-refractivity contribution in [3.63, 3.8) is 0 Å². The van der Waals surface area contributed by atoms with Crippen molar-refractivity contribution in [1.82, 2.24) is 4.90 Å². The van der Waals surface area contributed by atoms with E-state index in [9.17, 15) is 18.4 Å². The zero-order chi connectivity index (χ0) is 14.2. The summed E-state index contributed by atoms with van der Waals surface area (Å²) in [5.74, 6) is -3.16. The number of carboxylic acid groups (broad SMARTS) is 1. The van der Waals surface area contributed by atoms with Crippen LogP contribution >= 0.6 is 11.6 Å². The number of likely N-dealkylation sites (tertiary alicyclic amines) is 1. The van der Waals surface area contributed by atoms with Crippen molar-refractivity contribution in [2.75, 3.05) is 13.1 Å². The number of rotatable bonds is 2. The zero-order valence-corrected chi connectivity index (χ0v) is 10.5. The zero-order valence-electron chi connectivity index (χ0n) is 9.70. The Labute approximate surface area is 112 Å². The molecule has 4 nitrogen and oxygen atoms in total. The third kappa shape index (κ3) is 2.53. The summed E-state index contributed by atoms with van der Waals surface area (Å²) in [5, 5.41) is 8.91. The Morgan fingerprint density at radius 1 is 1.42 bits per heavy atom. The summed E-state index contributed by atoms with van der Waals surface area (Å²) in [7, 11) is 0. The fourth-order valence-electron chi connectivity index (χ4n) is 1.95. The van der Waals surface area contributed by atoms with E-state index < -0.39 is 29.9 Å². The third-order valence-electron chi connectivity index (χ3n) is 3.05. The number of carboxylic acids is 1. The monoisotopic (exact) mass is 289 g/mol. The fourth-order valence-corrected chi connectivity index (χ4v) is 2.12. The van der Waals surface area contributed by atoms with E-state index in [1.165, 1.54) is 6.07 Å². The molecule has 19 heavy (non-hydrogen) atoms. The lowest BCUT2D eigenvalue weighted by molar-refractivity contribution is -0.149. The number of halogens is 3. The van der Waals surface area contributed by atoms with E-state index in [0.717, 1.165) is 17.0 Å². The normalized spacial score (nSPS) is 22.6. The largest absolute Gasteiger partial charge is 0.479 e. The summed E-state index contributed by atoms with van der Waals surface area (Å²) in [6, 6.07) is 3.46. The van der Waals surface area contributed by atoms with Crippen LogP contribution in [-0.4, -0.2) is 40.6 Å². The SMILES string of the molecule is O=C(c1cc(Cl)ccc1F)N1CCC(F)(C(=O)O)C1. The number of carbonyl (C=O) groups is 2. The summed E-state index contributed by atoms with van der Waals surface area (Å²) < 4.78 is 27.3. The van der Waals surface area contributed by atoms with E-state index in [0.29, 0.717) is 0 Å². The van der Waals surface area contributed by atoms with E-state index in [4.69, 9.17) is 16.7 Å². The number of hydrogen-bond donors (Lipinski definition) is 1. The molecule has 102 valence electrons. The fraction of sp³-hybridized carbons (Fsp3) is 0.333. The second-order valence-electron chi connectivity index (χ2n) is 4.37. The number of benzene rings is 1. The molecule has 1 aliphatic rings. The predicted molar refractivity (Wildman–Crippen MR) is 63.4 cm³/mol. The maximum atomic E-state index is 13.8. The van der Waals surface area contributed by atoms with E-state index in [-0.39, 0.29) is 23.6 Å². The van der Waals surface area contributed by atoms with Crippen LogP contribution in [0.15, 0.2) is 18.2 Å². The molecule has 7 heteroatoms. The van der Waals surface area contributed by atoms with Gasteiger partial charge >= 0.3 is 5.97 Å². The minimum Gasteiger partial charge on any atom is -0.479 e. The van der Waals surface area contributed by atoms with Crippen molar-refractivity contribution in [2.45, 2.75) is 12.1 Å². The van der Waals surface area contributed by atoms with E-state index in [2.05, 4.69) is 0 Å². The molecule has 1 aliphatic heterocycles. The van der Waals surface area contributed by atoms with Crippen LogP contribution in [-0.2, 0) is 4.79 Å². The first-order valence-electron chi connectivity index (χ1n) is 5.50. The van der Waals surface area contributed by atoms with Gasteiger partial charge in [-0.3, -0.25) is 4.79 Å². The first-order chi connectivity index (χ1) is 8.83. The highest BCUT2D eigenvalue weighted by molar-refractivity contribution is 6.31. The van der Waals surface area contributed by atoms with Crippen LogP contribution in [0, 0.1) is 5.82 Å². The molecule has 2 rings (SSSR count). The van der Waals surface area contributed by atoms with Gasteiger partial charge in [0, 0.05) is 18.0 Å². The second-order valence-corrected chi connectivity index (χ2v) is 4.81. The smallest absolute Gasteiger partial charge is 0.343 e. The van der Waals surface area contributed by atoms with Gasteiger partial charge in [0.25, 0.3) is 5.91 Å². The lowest BCUT2D eigenvalue weighted by Crippen LogP contribution is -2.39. The van der Waals surface area contributed by atoms with Crippen LogP contribution in [0.4, 0.5) is 8.78 Å². The van der Waals surface area contributed by atoms with Gasteiger partial charge in [0.05, 0.1) is 12.1 Å². The number of alkyl halides is 1. The van der Waals surface area contributed by atoms with E-state index in [1.807, 2.05) is 0 Å². The first kappa shape index (κ1) is 13.7. The molecule has 0 aromatic heterocycles. The lowest BCUT2D eigenvalue weighted by atomic mass is 10.1. The lowest BCUT2D eigenvalue weighted by Gasteiger charge is -2.18. The molecular weight excluding hydrogens is 280 g/mol. The van der Waals surface area contributed by atoms with E-state index >= 15 is 0 Å². The minimum absolute atomic E-state index is 0.0758. The Balaban J connectivity index is 2.22. The molecule has 0 bridgehead atoms. The molecule has 0 radical (unpaired) electrons. The summed E-state index contributed by atoms with van der Waals surface area (Å²) >= 11 is 5.67. The molecule has 1 aromatic rings. The van der Waals surface area contributed by atoms with Crippen molar-refractivity contribution in [3.8, 4) is 0 Å². The molecule has 1 unspecified atom stereocenters. The Bertz CT molecular complexity index is 552. The molecule has 1 amide bonds. The number of hydrogen-bond acceptors (Lipinski definition) is 2. The average molecular weight is 290 g/mol. The van der Waals surface area contributed by atoms with Crippen molar-refractivity contribution >= 4 is 23.5 Å². The molecule has 0 aliphatic carbocycles. The molecule has 1 atom stereocenters. The van der Waals surface area contributed by atoms with Crippen molar-refractivity contribution < 1.29 is 23.5 Å². The van der Waals surface area contributed by atoms with Crippen molar-refractivity contribution in [1.29, 1.82) is 0 Å². The Morgan fingerprint density at radius 3 is 2.68 bits per heavy atom. The van der Waals surface area contributed by atoms with E-state index in [1.54, 1.807) is 0 Å². The van der Waals surface area contributed by atoms with Gasteiger partial charge in [0.15, 0.2) is 0 Å². The van der Waals surface area contributed by atoms with Crippen LogP contribution in [0.5, 0.6) is 0 Å². The molecule has 1 saturated heterocycles. The van der Waals surface area contributed by atoms with Gasteiger partial charge in [0.2, 0.25) is 5.67 Å². The average Bonchev–Trinajstić information content (AvgIpc) is 2.76. The highest BCUT2D eigenvalue weighted by atomic mass is 35.5. The Morgan fingerprint density at radius 2 is 2.11 bits per heavy atom. The second kappa shape index (κ2) is 4.77. The van der Waals surface area contributed by atoms with Crippen LogP contribution in [0.2, 0.25) is 5.02 Å². The van der Waals surface area contributed by atoms with Crippen LogP contribution < -0.4 is 0 Å². The quantitative estimate of drug-likeness (QED) is 0.907. The number of amides is 1. The molecule has 1 fully saturated rings. The predicted octanol–water partition coefficient (Wildman–Crippen LogP) is 2.12. The van der Waals surface area contributed by atoms with Gasteiger partial charge in [-0.2, -0.15) is 0 Å². The number of nitrogens with zero attached hydrogens (tertiary/aromatic N) is 1. The van der Waals surface area contributed by atoms with Crippen molar-refractivity contribution in [2.24, 2.45) is 0 Å². The number of aliphatic carboxylic acids is 1. The summed E-state index contributed by atoms with van der Waals surface area (Å²) in [4.78, 5) is 23.7. The van der Waals surface area contributed by atoms with Crippen LogP contribution in [0.3, 0.4) is 0 Å². The molecule has 1 N–H and O–H groups in total. The summed E-state index contributed by atoms with van der Waals surface area (Å²) in [6.45, 7) is -0.666. The molecule has 0 saturated carbocycles. The van der Waals surface area contributed by atoms with Gasteiger partial charge in [-0.1, -0.05) is 11.6 Å². The van der Waals surface area contributed by atoms with Gasteiger partial charge < -0.3 is 10.0 Å². The maximum absolute atomic E-state index is 13.8. The van der Waals surface area contributed by atoms with Gasteiger partial charge in [-0.15, -0.1) is 0 Å². The summed E-state index contributed by atoms with van der Waals surface area (Å²) in [5.41, 5.74) is -2.76. The molecule has 1 aromatic carbocycles. The third-order valence-corrected chi connectivity index (χ3v) is 3.28. The highest BCUT2D eigenvalue weighted by Gasteiger charge is 2.47. The summed E-state index contributed by atoms with van der Waals surface area (Å²) in [6.07, 6.45) is -0.309. The maximum Gasteiger partial charge on any atom is 0.343 e. The standard InChI is InChI=1S/C12H10ClF2NO3/c13-7-1-2-9(14)8(5-7)10(17)16-4-3-12(15,6-16)11(18)19/h1-2,5H,3-4,6H2,(H,18,19). The molecule has 1 heterocycles. The van der Waals surface area contributed by atoms with Crippen molar-refractivity contribution in [3.05, 3.63) is 34.6 Å². The van der Waals surface area contributed by atoms with Crippen LogP contribution in [0.1, 0.15) is 16.8 Å². The van der Waals surface area contributed by atoms with Gasteiger partial charge in [-0.05, 0) is 18.2 Å². The van der Waals surface area contributed by atoms with Gasteiger partial charge in [0.1, 0.15) is 5.82 Å². The van der Waals surface area contributed by atoms with Gasteiger partial charge in [-0.25, -0.2) is 13.6 Å². The molecule has 0 spiro atoms. The molecular formula is C12H10ClF2NO3. The first-order valence-corrected chi connectivity index (χ1v) is 5.88. The topological polar surface area (TPSA) is 57.6 Å².